The molecule has 0 radical (unpaired) electrons. The summed E-state index contributed by atoms with van der Waals surface area (Å²) in [5, 5.41) is 9.31. The normalized spacial score (nSPS) is 10.7. The summed E-state index contributed by atoms with van der Waals surface area (Å²) in [4.78, 5) is 17.0. The predicted octanol–water partition coefficient (Wildman–Crippen LogP) is 2.20. The molecule has 0 aliphatic heterocycles. The summed E-state index contributed by atoms with van der Waals surface area (Å²) < 4.78 is 5.54. The molecule has 8 heteroatoms. The van der Waals surface area contributed by atoms with E-state index in [1.165, 1.54) is 0 Å². The van der Waals surface area contributed by atoms with E-state index >= 15 is 0 Å². The maximum Gasteiger partial charge on any atom is 0.323 e. The fourth-order valence-corrected chi connectivity index (χ4v) is 2.21. The molecular formula is C13H20N6OS. The van der Waals surface area contributed by atoms with Gasteiger partial charge < -0.3 is 15.4 Å². The monoisotopic (exact) mass is 308 g/mol. The first-order valence-electron chi connectivity index (χ1n) is 6.96. The second kappa shape index (κ2) is 7.72. The van der Waals surface area contributed by atoms with Crippen LogP contribution < -0.4 is 15.4 Å². The molecule has 0 spiro atoms. The van der Waals surface area contributed by atoms with Gasteiger partial charge in [0.15, 0.2) is 0 Å². The van der Waals surface area contributed by atoms with Crippen LogP contribution in [0.5, 0.6) is 6.01 Å². The van der Waals surface area contributed by atoms with Crippen LogP contribution in [0.15, 0.2) is 11.6 Å². The molecule has 114 valence electrons. The van der Waals surface area contributed by atoms with E-state index in [1.54, 1.807) is 17.5 Å². The quantitative estimate of drug-likeness (QED) is 0.773. The van der Waals surface area contributed by atoms with E-state index in [4.69, 9.17) is 4.74 Å². The number of aromatic nitrogens is 4. The summed E-state index contributed by atoms with van der Waals surface area (Å²) >= 11 is 1.64. The fraction of sp³-hybridized carbons (Fsp3) is 0.538. The predicted molar refractivity (Wildman–Crippen MR) is 84.1 cm³/mol. The van der Waals surface area contributed by atoms with E-state index in [-0.39, 0.29) is 6.10 Å². The van der Waals surface area contributed by atoms with Crippen LogP contribution in [0, 0.1) is 0 Å². The Hall–Kier alpha value is -1.96. The van der Waals surface area contributed by atoms with Gasteiger partial charge in [0.2, 0.25) is 11.9 Å². The zero-order valence-electron chi connectivity index (χ0n) is 12.5. The molecule has 0 atom stereocenters. The number of rotatable bonds is 8. The highest BCUT2D eigenvalue weighted by molar-refractivity contribution is 7.09. The van der Waals surface area contributed by atoms with Crippen molar-refractivity contribution < 1.29 is 4.74 Å². The van der Waals surface area contributed by atoms with Crippen LogP contribution in [-0.4, -0.2) is 39.1 Å². The van der Waals surface area contributed by atoms with Crippen molar-refractivity contribution in [1.29, 1.82) is 0 Å². The van der Waals surface area contributed by atoms with E-state index in [1.807, 2.05) is 26.2 Å². The Kier molecular flexibility index (Phi) is 5.68. The topological polar surface area (TPSA) is 84.9 Å². The lowest BCUT2D eigenvalue weighted by molar-refractivity contribution is 0.222. The van der Waals surface area contributed by atoms with Gasteiger partial charge in [-0.15, -0.1) is 11.3 Å². The number of ether oxygens (including phenoxy) is 1. The van der Waals surface area contributed by atoms with Crippen molar-refractivity contribution in [2.45, 2.75) is 33.3 Å². The average Bonchev–Trinajstić information content (AvgIpc) is 2.91. The number of nitrogens with one attached hydrogen (secondary N) is 2. The minimum absolute atomic E-state index is 0.0186. The van der Waals surface area contributed by atoms with Crippen LogP contribution in [-0.2, 0) is 6.42 Å². The molecule has 0 bridgehead atoms. The fourth-order valence-electron chi connectivity index (χ4n) is 1.59. The van der Waals surface area contributed by atoms with Crippen LogP contribution in [0.2, 0.25) is 0 Å². The maximum absolute atomic E-state index is 5.54. The minimum atomic E-state index is 0.0186. The number of hydrogen-bond acceptors (Lipinski definition) is 8. The molecule has 0 aliphatic carbocycles. The Balaban J connectivity index is 2.00. The third kappa shape index (κ3) is 5.14. The molecule has 0 fully saturated rings. The van der Waals surface area contributed by atoms with Gasteiger partial charge in [-0.1, -0.05) is 0 Å². The molecule has 2 rings (SSSR count). The van der Waals surface area contributed by atoms with E-state index in [2.05, 4.69) is 30.6 Å². The lowest BCUT2D eigenvalue weighted by Gasteiger charge is -2.11. The van der Waals surface area contributed by atoms with Crippen LogP contribution in [0.25, 0.3) is 0 Å². The minimum Gasteiger partial charge on any atom is -0.461 e. The van der Waals surface area contributed by atoms with E-state index < -0.39 is 0 Å². The second-order valence-electron chi connectivity index (χ2n) is 4.56. The SMILES string of the molecule is CCNc1nc(NCCc2nccs2)nc(OC(C)C)n1. The molecule has 2 aromatic rings. The molecule has 0 saturated carbocycles. The first-order chi connectivity index (χ1) is 10.2. The summed E-state index contributed by atoms with van der Waals surface area (Å²) in [6.45, 7) is 7.31. The van der Waals surface area contributed by atoms with Gasteiger partial charge in [0, 0.05) is 31.1 Å². The Morgan fingerprint density at radius 3 is 2.57 bits per heavy atom. The standard InChI is InChI=1S/C13H20N6OS/c1-4-14-11-17-12(19-13(18-11)20-9(2)3)16-6-5-10-15-7-8-21-10/h7-9H,4-6H2,1-3H3,(H2,14,16,17,18,19). The van der Waals surface area contributed by atoms with Crippen LogP contribution in [0.3, 0.4) is 0 Å². The van der Waals surface area contributed by atoms with Crippen molar-refractivity contribution in [1.82, 2.24) is 19.9 Å². The lowest BCUT2D eigenvalue weighted by atomic mass is 10.4. The summed E-state index contributed by atoms with van der Waals surface area (Å²) in [6, 6.07) is 0.327. The number of hydrogen-bond donors (Lipinski definition) is 2. The lowest BCUT2D eigenvalue weighted by Crippen LogP contribution is -2.14. The molecule has 0 unspecified atom stereocenters. The number of anilines is 2. The van der Waals surface area contributed by atoms with Gasteiger partial charge in [0.25, 0.3) is 0 Å². The molecule has 0 saturated heterocycles. The molecule has 0 amide bonds. The van der Waals surface area contributed by atoms with E-state index in [9.17, 15) is 0 Å². The summed E-state index contributed by atoms with van der Waals surface area (Å²) in [6.07, 6.45) is 2.66. The van der Waals surface area contributed by atoms with Gasteiger partial charge in [-0.25, -0.2) is 4.98 Å². The van der Waals surface area contributed by atoms with Crippen molar-refractivity contribution in [3.05, 3.63) is 16.6 Å². The van der Waals surface area contributed by atoms with Crippen LogP contribution in [0.1, 0.15) is 25.8 Å². The van der Waals surface area contributed by atoms with Gasteiger partial charge in [-0.3, -0.25) is 0 Å². The first-order valence-corrected chi connectivity index (χ1v) is 7.84. The highest BCUT2D eigenvalue weighted by atomic mass is 32.1. The average molecular weight is 308 g/mol. The Morgan fingerprint density at radius 1 is 1.19 bits per heavy atom. The largest absolute Gasteiger partial charge is 0.461 e. The van der Waals surface area contributed by atoms with Gasteiger partial charge in [-0.05, 0) is 20.8 Å². The van der Waals surface area contributed by atoms with E-state index in [0.29, 0.717) is 24.5 Å². The van der Waals surface area contributed by atoms with Crippen molar-refractivity contribution >= 4 is 23.2 Å². The highest BCUT2D eigenvalue weighted by Crippen LogP contribution is 2.13. The first kappa shape index (κ1) is 15.4. The highest BCUT2D eigenvalue weighted by Gasteiger charge is 2.08. The Labute approximate surface area is 128 Å². The second-order valence-corrected chi connectivity index (χ2v) is 5.54. The third-order valence-corrected chi connectivity index (χ3v) is 3.24. The molecule has 0 aromatic carbocycles. The van der Waals surface area contributed by atoms with Gasteiger partial charge in [-0.2, -0.15) is 15.0 Å². The van der Waals surface area contributed by atoms with Crippen molar-refractivity contribution in [2.24, 2.45) is 0 Å². The van der Waals surface area contributed by atoms with E-state index in [0.717, 1.165) is 18.0 Å². The van der Waals surface area contributed by atoms with Crippen molar-refractivity contribution in [3.63, 3.8) is 0 Å². The molecule has 2 N–H and O–H groups in total. The summed E-state index contributed by atoms with van der Waals surface area (Å²) in [5.74, 6) is 1.02. The van der Waals surface area contributed by atoms with Gasteiger partial charge in [0.1, 0.15) is 0 Å². The molecule has 7 nitrogen and oxygen atoms in total. The number of nitrogens with zero attached hydrogens (tertiary/aromatic N) is 4. The Morgan fingerprint density at radius 2 is 1.95 bits per heavy atom. The van der Waals surface area contributed by atoms with Crippen molar-refractivity contribution in [3.8, 4) is 6.01 Å². The molecule has 21 heavy (non-hydrogen) atoms. The van der Waals surface area contributed by atoms with Crippen LogP contribution in [0.4, 0.5) is 11.9 Å². The number of thiazole rings is 1. The maximum atomic E-state index is 5.54. The van der Waals surface area contributed by atoms with Crippen LogP contribution >= 0.6 is 11.3 Å². The molecule has 0 aliphatic rings. The zero-order chi connectivity index (χ0) is 15.1. The Bertz CT molecular complexity index is 546. The summed E-state index contributed by atoms with van der Waals surface area (Å²) in [5.41, 5.74) is 0. The molecule has 2 aromatic heterocycles. The molecular weight excluding hydrogens is 288 g/mol. The van der Waals surface area contributed by atoms with Gasteiger partial charge in [0.05, 0.1) is 11.1 Å². The zero-order valence-corrected chi connectivity index (χ0v) is 13.3. The summed E-state index contributed by atoms with van der Waals surface area (Å²) in [7, 11) is 0. The van der Waals surface area contributed by atoms with Crippen molar-refractivity contribution in [2.75, 3.05) is 23.7 Å². The molecule has 2 heterocycles. The van der Waals surface area contributed by atoms with Gasteiger partial charge >= 0.3 is 6.01 Å². The third-order valence-electron chi connectivity index (χ3n) is 2.40. The smallest absolute Gasteiger partial charge is 0.323 e.